The molecule has 1 atom stereocenters. The Morgan fingerprint density at radius 1 is 1.30 bits per heavy atom. The van der Waals surface area contributed by atoms with E-state index in [0.717, 1.165) is 0 Å². The fourth-order valence-corrected chi connectivity index (χ4v) is 3.50. The fraction of sp³-hybridized carbons (Fsp3) is 0.571. The summed E-state index contributed by atoms with van der Waals surface area (Å²) in [7, 11) is -3.70. The molecular formula is C14H21ClN2O2S. The van der Waals surface area contributed by atoms with Gasteiger partial charge in [-0.1, -0.05) is 30.9 Å². The summed E-state index contributed by atoms with van der Waals surface area (Å²) in [5, 5.41) is 9.01. The normalized spacial score (nSPS) is 18.8. The summed E-state index contributed by atoms with van der Waals surface area (Å²) in [5.74, 6) is 0.609. The number of hydrogen-bond donors (Lipinski definition) is 2. The van der Waals surface area contributed by atoms with Gasteiger partial charge in [-0.25, -0.2) is 13.6 Å². The largest absolute Gasteiger partial charge is 0.381 e. The first-order valence-electron chi connectivity index (χ1n) is 6.97. The van der Waals surface area contributed by atoms with Crippen molar-refractivity contribution in [2.45, 2.75) is 50.0 Å². The van der Waals surface area contributed by atoms with Crippen LogP contribution in [0.1, 0.15) is 39.0 Å². The average Bonchev–Trinajstić information content (AvgIpc) is 2.41. The van der Waals surface area contributed by atoms with Crippen LogP contribution in [0.4, 0.5) is 5.69 Å². The first-order chi connectivity index (χ1) is 9.38. The minimum atomic E-state index is -3.70. The topological polar surface area (TPSA) is 72.2 Å². The third-order valence-electron chi connectivity index (χ3n) is 4.01. The molecule has 0 heterocycles. The number of sulfonamides is 1. The highest BCUT2D eigenvalue weighted by Gasteiger charge is 2.21. The standard InChI is InChI=1S/C14H21ClN2O2S/c1-10(11-5-3-2-4-6-11)17-14-9-12(20(16,18)19)7-8-13(14)15/h7-11,17H,2-6H2,1H3,(H2,16,18,19). The van der Waals surface area contributed by atoms with Gasteiger partial charge in [-0.15, -0.1) is 0 Å². The van der Waals surface area contributed by atoms with Crippen molar-refractivity contribution in [3.63, 3.8) is 0 Å². The van der Waals surface area contributed by atoms with Crippen molar-refractivity contribution in [3.8, 4) is 0 Å². The zero-order valence-electron chi connectivity index (χ0n) is 11.6. The molecule has 112 valence electrons. The third-order valence-corrected chi connectivity index (χ3v) is 5.25. The Hall–Kier alpha value is -0.780. The van der Waals surface area contributed by atoms with E-state index in [1.807, 2.05) is 0 Å². The Morgan fingerprint density at radius 2 is 1.95 bits per heavy atom. The van der Waals surface area contributed by atoms with Crippen LogP contribution in [0.15, 0.2) is 23.1 Å². The molecule has 1 aromatic carbocycles. The molecule has 1 fully saturated rings. The van der Waals surface area contributed by atoms with E-state index < -0.39 is 10.0 Å². The van der Waals surface area contributed by atoms with E-state index in [-0.39, 0.29) is 10.9 Å². The van der Waals surface area contributed by atoms with Crippen LogP contribution in [0.5, 0.6) is 0 Å². The molecule has 0 aromatic heterocycles. The maximum absolute atomic E-state index is 11.4. The average molecular weight is 317 g/mol. The highest BCUT2D eigenvalue weighted by atomic mass is 35.5. The monoisotopic (exact) mass is 316 g/mol. The number of anilines is 1. The predicted octanol–water partition coefficient (Wildman–Crippen LogP) is 3.37. The molecular weight excluding hydrogens is 296 g/mol. The molecule has 1 aliphatic rings. The molecule has 1 unspecified atom stereocenters. The summed E-state index contributed by atoms with van der Waals surface area (Å²) in [6, 6.07) is 4.77. The molecule has 6 heteroatoms. The molecule has 1 saturated carbocycles. The summed E-state index contributed by atoms with van der Waals surface area (Å²) < 4.78 is 22.8. The van der Waals surface area contributed by atoms with E-state index in [0.29, 0.717) is 16.6 Å². The number of rotatable bonds is 4. The van der Waals surface area contributed by atoms with Crippen LogP contribution >= 0.6 is 11.6 Å². The Labute approximate surface area is 125 Å². The van der Waals surface area contributed by atoms with Gasteiger partial charge in [-0.05, 0) is 43.9 Å². The smallest absolute Gasteiger partial charge is 0.238 e. The van der Waals surface area contributed by atoms with E-state index in [9.17, 15) is 8.42 Å². The van der Waals surface area contributed by atoms with Gasteiger partial charge in [-0.2, -0.15) is 0 Å². The zero-order valence-corrected chi connectivity index (χ0v) is 13.2. The van der Waals surface area contributed by atoms with Gasteiger partial charge in [0.25, 0.3) is 0 Å². The van der Waals surface area contributed by atoms with Crippen LogP contribution in [0, 0.1) is 5.92 Å². The molecule has 3 N–H and O–H groups in total. The van der Waals surface area contributed by atoms with Crippen LogP contribution in [0.25, 0.3) is 0 Å². The van der Waals surface area contributed by atoms with Gasteiger partial charge in [0, 0.05) is 6.04 Å². The number of nitrogens with two attached hydrogens (primary N) is 1. The number of hydrogen-bond acceptors (Lipinski definition) is 3. The van der Waals surface area contributed by atoms with Crippen LogP contribution in [0.2, 0.25) is 5.02 Å². The van der Waals surface area contributed by atoms with Gasteiger partial charge in [0.15, 0.2) is 0 Å². The van der Waals surface area contributed by atoms with Crippen LogP contribution in [0.3, 0.4) is 0 Å². The van der Waals surface area contributed by atoms with Gasteiger partial charge >= 0.3 is 0 Å². The molecule has 1 aliphatic carbocycles. The molecule has 0 aliphatic heterocycles. The molecule has 1 aromatic rings. The minimum Gasteiger partial charge on any atom is -0.381 e. The lowest BCUT2D eigenvalue weighted by atomic mass is 9.84. The molecule has 0 amide bonds. The third kappa shape index (κ3) is 3.87. The summed E-state index contributed by atoms with van der Waals surface area (Å²) >= 11 is 6.13. The van der Waals surface area contributed by atoms with Crippen molar-refractivity contribution in [2.75, 3.05) is 5.32 Å². The zero-order chi connectivity index (χ0) is 14.8. The van der Waals surface area contributed by atoms with Crippen molar-refractivity contribution < 1.29 is 8.42 Å². The SMILES string of the molecule is CC(Nc1cc(S(N)(=O)=O)ccc1Cl)C1CCCCC1. The molecule has 0 spiro atoms. The Morgan fingerprint density at radius 3 is 2.55 bits per heavy atom. The lowest BCUT2D eigenvalue weighted by Crippen LogP contribution is -2.28. The highest BCUT2D eigenvalue weighted by molar-refractivity contribution is 7.89. The Kier molecular flexibility index (Phi) is 4.94. The Balaban J connectivity index is 2.15. The van der Waals surface area contributed by atoms with Gasteiger partial charge in [-0.3, -0.25) is 0 Å². The van der Waals surface area contributed by atoms with Crippen molar-refractivity contribution >= 4 is 27.3 Å². The van der Waals surface area contributed by atoms with E-state index in [2.05, 4.69) is 12.2 Å². The van der Waals surface area contributed by atoms with E-state index >= 15 is 0 Å². The van der Waals surface area contributed by atoms with Crippen LogP contribution < -0.4 is 10.5 Å². The number of nitrogens with one attached hydrogen (secondary N) is 1. The second kappa shape index (κ2) is 6.33. The number of halogens is 1. The van der Waals surface area contributed by atoms with E-state index in [1.54, 1.807) is 6.07 Å². The van der Waals surface area contributed by atoms with Crippen LogP contribution in [-0.2, 0) is 10.0 Å². The molecule has 0 saturated heterocycles. The molecule has 0 bridgehead atoms. The highest BCUT2D eigenvalue weighted by Crippen LogP contribution is 2.31. The summed E-state index contributed by atoms with van der Waals surface area (Å²) in [5.41, 5.74) is 0.635. The van der Waals surface area contributed by atoms with Crippen molar-refractivity contribution in [2.24, 2.45) is 11.1 Å². The lowest BCUT2D eigenvalue weighted by molar-refractivity contribution is 0.328. The van der Waals surface area contributed by atoms with E-state index in [4.69, 9.17) is 16.7 Å². The minimum absolute atomic E-state index is 0.0836. The second-order valence-electron chi connectivity index (χ2n) is 5.52. The fourth-order valence-electron chi connectivity index (χ4n) is 2.79. The van der Waals surface area contributed by atoms with E-state index in [1.165, 1.54) is 44.2 Å². The predicted molar refractivity (Wildman–Crippen MR) is 82.5 cm³/mol. The quantitative estimate of drug-likeness (QED) is 0.894. The Bertz CT molecular complexity index is 569. The maximum atomic E-state index is 11.4. The molecule has 0 radical (unpaired) electrons. The lowest BCUT2D eigenvalue weighted by Gasteiger charge is -2.29. The first kappa shape index (κ1) is 15.6. The van der Waals surface area contributed by atoms with Gasteiger partial charge in [0.05, 0.1) is 15.6 Å². The first-order valence-corrected chi connectivity index (χ1v) is 8.89. The second-order valence-corrected chi connectivity index (χ2v) is 7.49. The van der Waals surface area contributed by atoms with Gasteiger partial charge in [0.1, 0.15) is 0 Å². The number of benzene rings is 1. The van der Waals surface area contributed by atoms with Crippen molar-refractivity contribution in [3.05, 3.63) is 23.2 Å². The summed E-state index contributed by atoms with van der Waals surface area (Å²) in [6.07, 6.45) is 6.26. The molecule has 2 rings (SSSR count). The molecule has 4 nitrogen and oxygen atoms in total. The maximum Gasteiger partial charge on any atom is 0.238 e. The van der Waals surface area contributed by atoms with Gasteiger partial charge < -0.3 is 5.32 Å². The summed E-state index contributed by atoms with van der Waals surface area (Å²) in [6.45, 7) is 2.12. The summed E-state index contributed by atoms with van der Waals surface area (Å²) in [4.78, 5) is 0.0836. The van der Waals surface area contributed by atoms with Crippen LogP contribution in [-0.4, -0.2) is 14.5 Å². The number of primary sulfonamides is 1. The van der Waals surface area contributed by atoms with Crippen molar-refractivity contribution in [1.29, 1.82) is 0 Å². The van der Waals surface area contributed by atoms with Crippen molar-refractivity contribution in [1.82, 2.24) is 0 Å². The van der Waals surface area contributed by atoms with Gasteiger partial charge in [0.2, 0.25) is 10.0 Å². The molecule has 20 heavy (non-hydrogen) atoms.